The van der Waals surface area contributed by atoms with E-state index in [9.17, 15) is 0 Å². The van der Waals surface area contributed by atoms with E-state index in [2.05, 4.69) is 54.7 Å². The zero-order valence-electron chi connectivity index (χ0n) is 14.8. The van der Waals surface area contributed by atoms with Gasteiger partial charge in [0.1, 0.15) is 6.04 Å². The number of nitrogens with one attached hydrogen (secondary N) is 1. The van der Waals surface area contributed by atoms with Crippen LogP contribution in [0.5, 0.6) is 0 Å². The van der Waals surface area contributed by atoms with Crippen LogP contribution >= 0.6 is 28.1 Å². The minimum absolute atomic E-state index is 0.192. The molecule has 1 aromatic heterocycles. The summed E-state index contributed by atoms with van der Waals surface area (Å²) in [4.78, 5) is 2.08. The molecule has 6 nitrogen and oxygen atoms in total. The van der Waals surface area contributed by atoms with Crippen LogP contribution in [0.1, 0.15) is 37.2 Å². The van der Waals surface area contributed by atoms with Gasteiger partial charge in [0, 0.05) is 28.0 Å². The maximum atomic E-state index is 5.73. The SMILES string of the molecule is CCCCn1nnnc1C1c2ccccc2NC(=S)N1c1ccc(Br)cc1. The molecule has 3 aromatic rings. The van der Waals surface area contributed by atoms with Crippen LogP contribution in [0.3, 0.4) is 0 Å². The molecular weight excluding hydrogens is 424 g/mol. The van der Waals surface area contributed by atoms with Crippen molar-refractivity contribution < 1.29 is 0 Å². The molecule has 0 bridgehead atoms. The standard InChI is InChI=1S/C19H19BrN6S/c1-2-3-12-25-18(22-23-24-25)17-15-6-4-5-7-16(15)21-19(27)26(17)14-10-8-13(20)9-11-14/h4-11,17H,2-3,12H2,1H3,(H,21,27). The highest BCUT2D eigenvalue weighted by atomic mass is 79.9. The Morgan fingerprint density at radius 3 is 2.70 bits per heavy atom. The first-order valence-corrected chi connectivity index (χ1v) is 10.1. The van der Waals surface area contributed by atoms with E-state index in [0.29, 0.717) is 5.11 Å². The summed E-state index contributed by atoms with van der Waals surface area (Å²) in [6, 6.07) is 16.1. The van der Waals surface area contributed by atoms with Crippen molar-refractivity contribution in [3.05, 3.63) is 64.4 Å². The Morgan fingerprint density at radius 1 is 1.15 bits per heavy atom. The van der Waals surface area contributed by atoms with Gasteiger partial charge in [0.2, 0.25) is 0 Å². The smallest absolute Gasteiger partial charge is 0.179 e. The zero-order valence-corrected chi connectivity index (χ0v) is 17.2. The van der Waals surface area contributed by atoms with Gasteiger partial charge in [0.15, 0.2) is 10.9 Å². The lowest BCUT2D eigenvalue weighted by Crippen LogP contribution is -2.43. The molecule has 0 saturated carbocycles. The van der Waals surface area contributed by atoms with Crippen LogP contribution in [0.15, 0.2) is 53.0 Å². The lowest BCUT2D eigenvalue weighted by atomic mass is 9.99. The Morgan fingerprint density at radius 2 is 1.93 bits per heavy atom. The summed E-state index contributed by atoms with van der Waals surface area (Å²) < 4.78 is 2.91. The van der Waals surface area contributed by atoms with Gasteiger partial charge >= 0.3 is 0 Å². The normalized spacial score (nSPS) is 16.1. The highest BCUT2D eigenvalue weighted by Crippen LogP contribution is 2.39. The first-order valence-electron chi connectivity index (χ1n) is 8.90. The number of rotatable bonds is 5. The third-order valence-corrected chi connectivity index (χ3v) is 5.43. The fourth-order valence-corrected chi connectivity index (χ4v) is 3.86. The third-order valence-electron chi connectivity index (χ3n) is 4.61. The van der Waals surface area contributed by atoms with Crippen molar-refractivity contribution in [3.8, 4) is 0 Å². The van der Waals surface area contributed by atoms with Crippen molar-refractivity contribution in [1.82, 2.24) is 20.2 Å². The molecule has 1 aliphatic rings. The van der Waals surface area contributed by atoms with E-state index in [-0.39, 0.29) is 6.04 Å². The second-order valence-corrected chi connectivity index (χ2v) is 7.68. The van der Waals surface area contributed by atoms with E-state index in [0.717, 1.165) is 46.6 Å². The number of hydrogen-bond acceptors (Lipinski definition) is 4. The maximum absolute atomic E-state index is 5.73. The van der Waals surface area contributed by atoms with Crippen molar-refractivity contribution in [2.24, 2.45) is 0 Å². The molecule has 0 saturated heterocycles. The molecule has 0 amide bonds. The second-order valence-electron chi connectivity index (χ2n) is 6.38. The van der Waals surface area contributed by atoms with Gasteiger partial charge < -0.3 is 10.2 Å². The van der Waals surface area contributed by atoms with E-state index < -0.39 is 0 Å². The average Bonchev–Trinajstić information content (AvgIpc) is 3.14. The number of tetrazole rings is 1. The minimum atomic E-state index is -0.192. The van der Waals surface area contributed by atoms with E-state index in [1.165, 1.54) is 0 Å². The van der Waals surface area contributed by atoms with Crippen LogP contribution in [0, 0.1) is 0 Å². The van der Waals surface area contributed by atoms with E-state index >= 15 is 0 Å². The Labute approximate surface area is 171 Å². The number of halogens is 1. The number of benzene rings is 2. The van der Waals surface area contributed by atoms with Crippen molar-refractivity contribution >= 4 is 44.6 Å². The molecular formula is C19H19BrN6S. The molecule has 0 fully saturated rings. The summed E-state index contributed by atoms with van der Waals surface area (Å²) in [6.45, 7) is 2.94. The fraction of sp³-hybridized carbons (Fsp3) is 0.263. The highest BCUT2D eigenvalue weighted by molar-refractivity contribution is 9.10. The van der Waals surface area contributed by atoms with Crippen molar-refractivity contribution in [2.45, 2.75) is 32.4 Å². The second kappa shape index (κ2) is 7.74. The summed E-state index contributed by atoms with van der Waals surface area (Å²) >= 11 is 9.23. The monoisotopic (exact) mass is 442 g/mol. The average molecular weight is 443 g/mol. The molecule has 0 aliphatic carbocycles. The number of thiocarbonyl (C=S) groups is 1. The molecule has 0 spiro atoms. The van der Waals surface area contributed by atoms with Gasteiger partial charge in [-0.2, -0.15) is 0 Å². The van der Waals surface area contributed by atoms with Gasteiger partial charge in [-0.1, -0.05) is 47.5 Å². The van der Waals surface area contributed by atoms with Crippen LogP contribution < -0.4 is 10.2 Å². The number of hydrogen-bond donors (Lipinski definition) is 1. The summed E-state index contributed by atoms with van der Waals surface area (Å²) in [6.07, 6.45) is 2.10. The molecule has 27 heavy (non-hydrogen) atoms. The van der Waals surface area contributed by atoms with E-state index in [4.69, 9.17) is 12.2 Å². The Balaban J connectivity index is 1.86. The first-order chi connectivity index (χ1) is 13.2. The van der Waals surface area contributed by atoms with E-state index in [1.807, 2.05) is 47.1 Å². The molecule has 1 aliphatic heterocycles. The highest BCUT2D eigenvalue weighted by Gasteiger charge is 2.36. The minimum Gasteiger partial charge on any atom is -0.332 e. The molecule has 8 heteroatoms. The summed E-state index contributed by atoms with van der Waals surface area (Å²) in [5.41, 5.74) is 3.08. The summed E-state index contributed by atoms with van der Waals surface area (Å²) in [5, 5.41) is 16.5. The topological polar surface area (TPSA) is 58.9 Å². The fourth-order valence-electron chi connectivity index (χ4n) is 3.28. The lowest BCUT2D eigenvalue weighted by molar-refractivity contribution is 0.521. The number of nitrogens with zero attached hydrogens (tertiary/aromatic N) is 5. The third kappa shape index (κ3) is 3.46. The molecule has 1 atom stereocenters. The molecule has 1 N–H and O–H groups in total. The van der Waals surface area contributed by atoms with Gasteiger partial charge in [0.25, 0.3) is 0 Å². The summed E-state index contributed by atoms with van der Waals surface area (Å²) in [7, 11) is 0. The molecule has 138 valence electrons. The molecule has 4 rings (SSSR count). The van der Waals surface area contributed by atoms with Crippen LogP contribution in [-0.4, -0.2) is 25.3 Å². The Hall–Kier alpha value is -2.32. The van der Waals surface area contributed by atoms with Gasteiger partial charge in [-0.15, -0.1) is 5.10 Å². The van der Waals surface area contributed by atoms with Crippen LogP contribution in [-0.2, 0) is 6.54 Å². The van der Waals surface area contributed by atoms with Gasteiger partial charge in [-0.25, -0.2) is 4.68 Å². The largest absolute Gasteiger partial charge is 0.332 e. The van der Waals surface area contributed by atoms with Crippen LogP contribution in [0.4, 0.5) is 11.4 Å². The van der Waals surface area contributed by atoms with Gasteiger partial charge in [-0.3, -0.25) is 0 Å². The Bertz CT molecular complexity index is 955. The van der Waals surface area contributed by atoms with E-state index in [1.54, 1.807) is 0 Å². The van der Waals surface area contributed by atoms with Gasteiger partial charge in [0.05, 0.1) is 0 Å². The summed E-state index contributed by atoms with van der Waals surface area (Å²) in [5.74, 6) is 0.794. The molecule has 2 aromatic carbocycles. The number of aryl methyl sites for hydroxylation is 1. The molecule has 1 unspecified atom stereocenters. The van der Waals surface area contributed by atoms with Crippen LogP contribution in [0.25, 0.3) is 0 Å². The lowest BCUT2D eigenvalue weighted by Gasteiger charge is -2.38. The number of para-hydroxylation sites is 1. The van der Waals surface area contributed by atoms with Gasteiger partial charge in [-0.05, 0) is 59.4 Å². The number of unbranched alkanes of at least 4 members (excludes halogenated alkanes) is 1. The van der Waals surface area contributed by atoms with Crippen molar-refractivity contribution in [3.63, 3.8) is 0 Å². The first kappa shape index (κ1) is 18.1. The van der Waals surface area contributed by atoms with Crippen molar-refractivity contribution in [1.29, 1.82) is 0 Å². The van der Waals surface area contributed by atoms with Crippen LogP contribution in [0.2, 0.25) is 0 Å². The number of fused-ring (bicyclic) bond motifs is 1. The predicted octanol–water partition coefficient (Wildman–Crippen LogP) is 4.54. The quantitative estimate of drug-likeness (QED) is 0.585. The number of aromatic nitrogens is 4. The molecule has 2 heterocycles. The maximum Gasteiger partial charge on any atom is 0.179 e. The predicted molar refractivity (Wildman–Crippen MR) is 114 cm³/mol. The van der Waals surface area contributed by atoms with Crippen molar-refractivity contribution in [2.75, 3.05) is 10.2 Å². The molecule has 0 radical (unpaired) electrons. The Kier molecular flexibility index (Phi) is 5.18. The number of anilines is 2. The zero-order chi connectivity index (χ0) is 18.8.